The van der Waals surface area contributed by atoms with E-state index in [-0.39, 0.29) is 11.4 Å². The minimum absolute atomic E-state index is 0.0547. The van der Waals surface area contributed by atoms with Crippen molar-refractivity contribution in [3.8, 4) is 0 Å². The highest BCUT2D eigenvalue weighted by atomic mass is 16.5. The quantitative estimate of drug-likeness (QED) is 0.525. The molecule has 1 aliphatic rings. The number of carbonyl (C=O) groups is 1. The first kappa shape index (κ1) is 12.3. The van der Waals surface area contributed by atoms with Gasteiger partial charge in [0.05, 0.1) is 13.0 Å². The Morgan fingerprint density at radius 3 is 2.80 bits per heavy atom. The van der Waals surface area contributed by atoms with Gasteiger partial charge in [0, 0.05) is 0 Å². The highest BCUT2D eigenvalue weighted by Crippen LogP contribution is 2.47. The highest BCUT2D eigenvalue weighted by molar-refractivity contribution is 5.70. The third-order valence-corrected chi connectivity index (χ3v) is 3.69. The van der Waals surface area contributed by atoms with Crippen molar-refractivity contribution >= 4 is 5.97 Å². The molecule has 86 valence electrons. The van der Waals surface area contributed by atoms with E-state index in [1.165, 1.54) is 5.57 Å². The molecule has 1 rings (SSSR count). The average molecular weight is 210 g/mol. The van der Waals surface area contributed by atoms with Crippen LogP contribution in [0.15, 0.2) is 12.2 Å². The topological polar surface area (TPSA) is 26.3 Å². The van der Waals surface area contributed by atoms with Gasteiger partial charge in [0.25, 0.3) is 0 Å². The first-order valence-corrected chi connectivity index (χ1v) is 5.83. The number of hydrogen-bond donors (Lipinski definition) is 0. The molecule has 0 aliphatic heterocycles. The molecule has 0 aromatic rings. The monoisotopic (exact) mass is 210 g/mol. The fraction of sp³-hybridized carbons (Fsp3) is 0.769. The van der Waals surface area contributed by atoms with Crippen molar-refractivity contribution in [2.75, 3.05) is 6.61 Å². The van der Waals surface area contributed by atoms with Gasteiger partial charge in [-0.15, -0.1) is 0 Å². The van der Waals surface area contributed by atoms with Gasteiger partial charge in [-0.05, 0) is 30.6 Å². The Hall–Kier alpha value is -0.790. The fourth-order valence-electron chi connectivity index (χ4n) is 2.21. The molecule has 0 saturated heterocycles. The summed E-state index contributed by atoms with van der Waals surface area (Å²) in [6, 6.07) is 0. The van der Waals surface area contributed by atoms with Gasteiger partial charge in [-0.2, -0.15) is 0 Å². The number of allylic oxidation sites excluding steroid dienone is 1. The Morgan fingerprint density at radius 1 is 1.67 bits per heavy atom. The summed E-state index contributed by atoms with van der Waals surface area (Å²) in [5.74, 6) is 0.382. The van der Waals surface area contributed by atoms with Gasteiger partial charge < -0.3 is 4.74 Å². The van der Waals surface area contributed by atoms with Gasteiger partial charge in [0.15, 0.2) is 0 Å². The van der Waals surface area contributed by atoms with Crippen LogP contribution in [-0.2, 0) is 9.53 Å². The van der Waals surface area contributed by atoms with Crippen molar-refractivity contribution in [3.05, 3.63) is 12.2 Å². The third kappa shape index (κ3) is 2.83. The molecule has 2 heteroatoms. The second-order valence-corrected chi connectivity index (χ2v) is 4.93. The minimum atomic E-state index is -0.0547. The second-order valence-electron chi connectivity index (χ2n) is 4.93. The summed E-state index contributed by atoms with van der Waals surface area (Å²) < 4.78 is 5.13. The maximum Gasteiger partial charge on any atom is 0.306 e. The van der Waals surface area contributed by atoms with Crippen molar-refractivity contribution in [1.29, 1.82) is 0 Å². The number of ether oxygens (including phenoxy) is 1. The lowest BCUT2D eigenvalue weighted by Crippen LogP contribution is -2.25. The van der Waals surface area contributed by atoms with Gasteiger partial charge in [-0.3, -0.25) is 4.79 Å². The molecule has 2 unspecified atom stereocenters. The van der Waals surface area contributed by atoms with Crippen molar-refractivity contribution in [3.63, 3.8) is 0 Å². The fourth-order valence-corrected chi connectivity index (χ4v) is 2.21. The summed E-state index contributed by atoms with van der Waals surface area (Å²) in [6.07, 6.45) is 3.55. The van der Waals surface area contributed by atoms with Crippen LogP contribution in [0.1, 0.15) is 46.5 Å². The Balaban J connectivity index is 2.50. The van der Waals surface area contributed by atoms with E-state index in [9.17, 15) is 4.79 Å². The molecule has 2 nitrogen and oxygen atoms in total. The van der Waals surface area contributed by atoms with Crippen molar-refractivity contribution in [1.82, 2.24) is 0 Å². The summed E-state index contributed by atoms with van der Waals surface area (Å²) in [4.78, 5) is 11.6. The molecule has 0 N–H and O–H groups in total. The second kappa shape index (κ2) is 4.82. The smallest absolute Gasteiger partial charge is 0.306 e. The molecular formula is C13H22O2. The van der Waals surface area contributed by atoms with E-state index in [0.29, 0.717) is 18.9 Å². The lowest BCUT2D eigenvalue weighted by atomic mass is 9.77. The molecule has 1 fully saturated rings. The van der Waals surface area contributed by atoms with Crippen LogP contribution >= 0.6 is 0 Å². The van der Waals surface area contributed by atoms with Gasteiger partial charge in [0.2, 0.25) is 0 Å². The normalized spacial score (nSPS) is 30.6. The molecule has 0 aromatic carbocycles. The van der Waals surface area contributed by atoms with Crippen LogP contribution in [0.3, 0.4) is 0 Å². The first-order valence-electron chi connectivity index (χ1n) is 5.83. The number of hydrogen-bond acceptors (Lipinski definition) is 2. The lowest BCUT2D eigenvalue weighted by Gasteiger charge is -2.28. The van der Waals surface area contributed by atoms with Crippen molar-refractivity contribution < 1.29 is 9.53 Å². The van der Waals surface area contributed by atoms with Gasteiger partial charge >= 0.3 is 5.97 Å². The maximum atomic E-state index is 11.6. The van der Waals surface area contributed by atoms with Crippen LogP contribution in [0, 0.1) is 11.3 Å². The van der Waals surface area contributed by atoms with Crippen LogP contribution < -0.4 is 0 Å². The lowest BCUT2D eigenvalue weighted by molar-refractivity contribution is -0.146. The predicted molar refractivity (Wildman–Crippen MR) is 61.5 cm³/mol. The van der Waals surface area contributed by atoms with E-state index < -0.39 is 0 Å². The number of rotatable bonds is 4. The molecule has 15 heavy (non-hydrogen) atoms. The summed E-state index contributed by atoms with van der Waals surface area (Å²) in [6.45, 7) is 10.9. The van der Waals surface area contributed by atoms with E-state index in [1.807, 2.05) is 6.92 Å². The van der Waals surface area contributed by atoms with Crippen LogP contribution in [-0.4, -0.2) is 12.6 Å². The predicted octanol–water partition coefficient (Wildman–Crippen LogP) is 3.32. The Kier molecular flexibility index (Phi) is 3.95. The molecule has 0 spiro atoms. The Labute approximate surface area is 92.7 Å². The van der Waals surface area contributed by atoms with Gasteiger partial charge in [0.1, 0.15) is 0 Å². The zero-order chi connectivity index (χ0) is 11.5. The van der Waals surface area contributed by atoms with Crippen LogP contribution in [0.4, 0.5) is 0 Å². The zero-order valence-electron chi connectivity index (χ0n) is 10.1. The third-order valence-electron chi connectivity index (χ3n) is 3.69. The maximum absolute atomic E-state index is 11.6. The van der Waals surface area contributed by atoms with Crippen molar-refractivity contribution in [2.24, 2.45) is 11.3 Å². The van der Waals surface area contributed by atoms with E-state index in [1.54, 1.807) is 0 Å². The van der Waals surface area contributed by atoms with E-state index in [0.717, 1.165) is 19.3 Å². The average Bonchev–Trinajstić information content (AvgIpc) is 2.43. The first-order chi connectivity index (χ1) is 6.99. The molecule has 0 bridgehead atoms. The standard InChI is InChI=1S/C13H22O2/c1-5-8-15-12(14)9-13(4)7-6-10(2)11(13)3/h11H,2,5-9H2,1,3-4H3. The van der Waals surface area contributed by atoms with E-state index in [2.05, 4.69) is 20.4 Å². The van der Waals surface area contributed by atoms with Crippen LogP contribution in [0.2, 0.25) is 0 Å². The number of esters is 1. The van der Waals surface area contributed by atoms with E-state index >= 15 is 0 Å². The summed E-state index contributed by atoms with van der Waals surface area (Å²) in [7, 11) is 0. The highest BCUT2D eigenvalue weighted by Gasteiger charge is 2.40. The Morgan fingerprint density at radius 2 is 2.33 bits per heavy atom. The SMILES string of the molecule is C=C1CCC(C)(CC(=O)OCCC)C1C. The Bertz CT molecular complexity index is 257. The summed E-state index contributed by atoms with van der Waals surface area (Å²) in [5, 5.41) is 0. The van der Waals surface area contributed by atoms with Crippen LogP contribution in [0.5, 0.6) is 0 Å². The van der Waals surface area contributed by atoms with Gasteiger partial charge in [-0.25, -0.2) is 0 Å². The van der Waals surface area contributed by atoms with Crippen LogP contribution in [0.25, 0.3) is 0 Å². The minimum Gasteiger partial charge on any atom is -0.466 e. The molecule has 1 aliphatic carbocycles. The number of carbonyl (C=O) groups excluding carboxylic acids is 1. The molecule has 0 heterocycles. The van der Waals surface area contributed by atoms with Gasteiger partial charge in [-0.1, -0.05) is 32.9 Å². The zero-order valence-corrected chi connectivity index (χ0v) is 10.1. The molecule has 0 radical (unpaired) electrons. The van der Waals surface area contributed by atoms with E-state index in [4.69, 9.17) is 4.74 Å². The summed E-state index contributed by atoms with van der Waals surface area (Å²) >= 11 is 0. The van der Waals surface area contributed by atoms with Crippen molar-refractivity contribution in [2.45, 2.75) is 46.5 Å². The molecule has 1 saturated carbocycles. The molecule has 0 aromatic heterocycles. The molecule has 0 amide bonds. The molecular weight excluding hydrogens is 188 g/mol. The largest absolute Gasteiger partial charge is 0.466 e. The summed E-state index contributed by atoms with van der Waals surface area (Å²) in [5.41, 5.74) is 1.35. The molecule has 2 atom stereocenters.